The van der Waals surface area contributed by atoms with Gasteiger partial charge in [0.1, 0.15) is 0 Å². The van der Waals surface area contributed by atoms with Crippen LogP contribution in [0.25, 0.3) is 0 Å². The van der Waals surface area contributed by atoms with Gasteiger partial charge < -0.3 is 5.16 Å². The van der Waals surface area contributed by atoms with Gasteiger partial charge in [0.25, 0.3) is 0 Å². The molecular formula is C9H22NP. The Morgan fingerprint density at radius 3 is 0.909 bits per heavy atom. The summed E-state index contributed by atoms with van der Waals surface area (Å²) < 4.78 is 0. The van der Waals surface area contributed by atoms with E-state index in [0.29, 0.717) is 17.0 Å². The van der Waals surface area contributed by atoms with E-state index in [1.165, 1.54) is 0 Å². The fraction of sp³-hybridized carbons (Fsp3) is 1.00. The van der Waals surface area contributed by atoms with Crippen LogP contribution in [0.15, 0.2) is 0 Å². The molecule has 1 nitrogen and oxygen atoms in total. The Hall–Kier alpha value is 0.230. The third-order valence-corrected chi connectivity index (χ3v) is 7.69. The minimum absolute atomic E-state index is 0.558. The van der Waals surface area contributed by atoms with Gasteiger partial charge in [0.2, 0.25) is 0 Å². The second-order valence-corrected chi connectivity index (χ2v) is 8.88. The van der Waals surface area contributed by atoms with Crippen molar-refractivity contribution in [2.45, 2.75) is 58.5 Å². The van der Waals surface area contributed by atoms with Crippen molar-refractivity contribution >= 4 is 7.05 Å². The zero-order chi connectivity index (χ0) is 9.23. The smallest absolute Gasteiger partial charge is 0.0115 e. The summed E-state index contributed by atoms with van der Waals surface area (Å²) in [6.45, 7) is 13.2. The molecule has 0 heterocycles. The molecule has 68 valence electrons. The molecule has 11 heavy (non-hydrogen) atoms. The highest BCUT2D eigenvalue weighted by atomic mass is 31.2. The molecule has 0 unspecified atom stereocenters. The van der Waals surface area contributed by atoms with Gasteiger partial charge in [-0.25, -0.2) is 0 Å². The molecular weight excluding hydrogens is 153 g/mol. The van der Waals surface area contributed by atoms with E-state index in [0.717, 1.165) is 0 Å². The topological polar surface area (TPSA) is 23.9 Å². The van der Waals surface area contributed by atoms with Crippen molar-refractivity contribution < 1.29 is 0 Å². The van der Waals surface area contributed by atoms with E-state index < -0.39 is 7.05 Å². The second-order valence-electron chi connectivity index (χ2n) is 4.12. The van der Waals surface area contributed by atoms with Crippen molar-refractivity contribution in [2.75, 3.05) is 0 Å². The van der Waals surface area contributed by atoms with E-state index in [9.17, 15) is 0 Å². The number of nitrogens with one attached hydrogen (secondary N) is 1. The maximum Gasteiger partial charge on any atom is -0.0115 e. The van der Waals surface area contributed by atoms with E-state index in [4.69, 9.17) is 5.16 Å². The van der Waals surface area contributed by atoms with E-state index in [2.05, 4.69) is 41.5 Å². The van der Waals surface area contributed by atoms with Crippen molar-refractivity contribution in [1.82, 2.24) is 0 Å². The third kappa shape index (κ3) is 2.08. The predicted octanol–water partition coefficient (Wildman–Crippen LogP) is 3.99. The maximum absolute atomic E-state index is 8.40. The van der Waals surface area contributed by atoms with Gasteiger partial charge in [0.15, 0.2) is 0 Å². The largest absolute Gasteiger partial charge is 0.318 e. The molecule has 0 bridgehead atoms. The normalized spacial score (nSPS) is 13.5. The molecule has 0 rings (SSSR count). The van der Waals surface area contributed by atoms with Crippen molar-refractivity contribution in [1.29, 1.82) is 5.16 Å². The van der Waals surface area contributed by atoms with Gasteiger partial charge in [-0.05, 0) is 24.0 Å². The molecule has 0 aliphatic heterocycles. The second kappa shape index (κ2) is 3.76. The average Bonchev–Trinajstić information content (AvgIpc) is 1.84. The van der Waals surface area contributed by atoms with E-state index >= 15 is 0 Å². The Kier molecular flexibility index (Phi) is 3.84. The van der Waals surface area contributed by atoms with Gasteiger partial charge >= 0.3 is 0 Å². The molecule has 0 saturated heterocycles. The fourth-order valence-corrected chi connectivity index (χ4v) is 5.37. The Morgan fingerprint density at radius 2 is 0.909 bits per heavy atom. The molecule has 0 aliphatic rings. The first-order valence-electron chi connectivity index (χ1n) is 4.46. The van der Waals surface area contributed by atoms with Crippen LogP contribution in [0.2, 0.25) is 0 Å². The first kappa shape index (κ1) is 11.2. The van der Waals surface area contributed by atoms with Gasteiger partial charge in [-0.15, -0.1) is 0 Å². The molecule has 0 aromatic heterocycles. The SMILES string of the molecule is CC(C)P(=N)(C(C)C)C(C)C. The van der Waals surface area contributed by atoms with Crippen LogP contribution in [0.3, 0.4) is 0 Å². The van der Waals surface area contributed by atoms with Crippen LogP contribution < -0.4 is 0 Å². The minimum Gasteiger partial charge on any atom is -0.318 e. The zero-order valence-corrected chi connectivity index (χ0v) is 9.57. The van der Waals surface area contributed by atoms with Crippen molar-refractivity contribution in [3.63, 3.8) is 0 Å². The number of hydrogen-bond donors (Lipinski definition) is 1. The zero-order valence-electron chi connectivity index (χ0n) is 8.68. The van der Waals surface area contributed by atoms with Gasteiger partial charge in [-0.3, -0.25) is 0 Å². The predicted molar refractivity (Wildman–Crippen MR) is 55.0 cm³/mol. The van der Waals surface area contributed by atoms with Crippen molar-refractivity contribution in [3.05, 3.63) is 0 Å². The minimum atomic E-state index is -1.44. The summed E-state index contributed by atoms with van der Waals surface area (Å²) in [6, 6.07) is 0. The summed E-state index contributed by atoms with van der Waals surface area (Å²) >= 11 is 0. The number of rotatable bonds is 3. The summed E-state index contributed by atoms with van der Waals surface area (Å²) in [4.78, 5) is 0. The van der Waals surface area contributed by atoms with Crippen LogP contribution in [0, 0.1) is 5.16 Å². The first-order valence-corrected chi connectivity index (χ1v) is 6.46. The quantitative estimate of drug-likeness (QED) is 0.627. The van der Waals surface area contributed by atoms with Crippen LogP contribution in [-0.2, 0) is 0 Å². The van der Waals surface area contributed by atoms with E-state index in [1.807, 2.05) is 0 Å². The van der Waals surface area contributed by atoms with Crippen LogP contribution >= 0.6 is 7.05 Å². The van der Waals surface area contributed by atoms with E-state index in [1.54, 1.807) is 0 Å². The maximum atomic E-state index is 8.40. The summed E-state index contributed by atoms with van der Waals surface area (Å²) in [5.74, 6) is 0. The highest BCUT2D eigenvalue weighted by molar-refractivity contribution is 7.67. The van der Waals surface area contributed by atoms with Gasteiger partial charge in [0, 0.05) is 0 Å². The Morgan fingerprint density at radius 1 is 0.727 bits per heavy atom. The van der Waals surface area contributed by atoms with Crippen LogP contribution in [-0.4, -0.2) is 17.0 Å². The van der Waals surface area contributed by atoms with Crippen molar-refractivity contribution in [2.24, 2.45) is 0 Å². The molecule has 0 aliphatic carbocycles. The Balaban J connectivity index is 4.69. The summed E-state index contributed by atoms with van der Waals surface area (Å²) in [5.41, 5.74) is 1.67. The summed E-state index contributed by atoms with van der Waals surface area (Å²) in [6.07, 6.45) is 0. The molecule has 0 spiro atoms. The average molecular weight is 175 g/mol. The first-order chi connectivity index (χ1) is 4.83. The Labute approximate surface area is 71.4 Å². The third-order valence-electron chi connectivity index (χ3n) is 2.56. The lowest BCUT2D eigenvalue weighted by Crippen LogP contribution is -2.15. The lowest BCUT2D eigenvalue weighted by atomic mass is 10.5. The molecule has 0 aromatic carbocycles. The molecule has 0 saturated carbocycles. The number of hydrogen-bond acceptors (Lipinski definition) is 1. The van der Waals surface area contributed by atoms with Crippen LogP contribution in [0.1, 0.15) is 41.5 Å². The molecule has 0 radical (unpaired) electrons. The molecule has 1 N–H and O–H groups in total. The van der Waals surface area contributed by atoms with Crippen LogP contribution in [0.5, 0.6) is 0 Å². The van der Waals surface area contributed by atoms with Crippen molar-refractivity contribution in [3.8, 4) is 0 Å². The van der Waals surface area contributed by atoms with Crippen LogP contribution in [0.4, 0.5) is 0 Å². The molecule has 0 aromatic rings. The monoisotopic (exact) mass is 175 g/mol. The van der Waals surface area contributed by atoms with Gasteiger partial charge in [-0.2, -0.15) is 0 Å². The van der Waals surface area contributed by atoms with E-state index in [-0.39, 0.29) is 0 Å². The lowest BCUT2D eigenvalue weighted by Gasteiger charge is -2.34. The lowest BCUT2D eigenvalue weighted by molar-refractivity contribution is 0.917. The highest BCUT2D eigenvalue weighted by Crippen LogP contribution is 2.59. The molecule has 2 heteroatoms. The highest BCUT2D eigenvalue weighted by Gasteiger charge is 2.28. The van der Waals surface area contributed by atoms with Gasteiger partial charge in [0.05, 0.1) is 0 Å². The molecule has 0 amide bonds. The Bertz CT molecular complexity index is 130. The standard InChI is InChI=1S/C9H22NP/c1-7(2)11(10,8(3)4)9(5)6/h7-10H,1-6H3. The summed E-state index contributed by atoms with van der Waals surface area (Å²) in [7, 11) is -1.44. The molecule has 0 atom stereocenters. The molecule has 0 fully saturated rings. The summed E-state index contributed by atoms with van der Waals surface area (Å²) in [5, 5.41) is 8.40. The fourth-order valence-electron chi connectivity index (χ4n) is 1.79. The van der Waals surface area contributed by atoms with Gasteiger partial charge in [-0.1, -0.05) is 41.5 Å².